The predicted molar refractivity (Wildman–Crippen MR) is 262 cm³/mol. The molecule has 6 nitrogen and oxygen atoms in total. The number of hydrogen-bond acceptors (Lipinski definition) is 6. The highest BCUT2D eigenvalue weighted by Gasteiger charge is 2.15. The monoisotopic (exact) mass is 845 g/mol. The molecule has 62 heavy (non-hydrogen) atoms. The fraction of sp³-hybridized carbons (Fsp3) is 0.571. The second-order valence-corrected chi connectivity index (χ2v) is 17.0. The molecule has 3 aromatic rings. The van der Waals surface area contributed by atoms with Gasteiger partial charge in [-0.05, 0) is 121 Å². The predicted octanol–water partition coefficient (Wildman–Crippen LogP) is 16.5. The molecule has 0 bridgehead atoms. The smallest absolute Gasteiger partial charge is 0.127 e. The minimum absolute atomic E-state index is 0.524. The first-order valence-electron chi connectivity index (χ1n) is 24.6. The van der Waals surface area contributed by atoms with Gasteiger partial charge in [-0.15, -0.1) is 0 Å². The number of benzene rings is 3. The van der Waals surface area contributed by atoms with Crippen LogP contribution in [-0.4, -0.2) is 26.4 Å². The lowest BCUT2D eigenvalue weighted by atomic mass is 9.99. The summed E-state index contributed by atoms with van der Waals surface area (Å²) in [7, 11) is 0. The summed E-state index contributed by atoms with van der Waals surface area (Å²) < 4.78 is 25.5. The molecule has 0 saturated heterocycles. The van der Waals surface area contributed by atoms with Gasteiger partial charge in [0.05, 0.1) is 49.7 Å². The van der Waals surface area contributed by atoms with E-state index < -0.39 is 0 Å². The van der Waals surface area contributed by atoms with Crippen LogP contribution in [0.3, 0.4) is 0 Å². The molecule has 338 valence electrons. The molecule has 0 aliphatic rings. The maximum atomic E-state index is 10.5. The molecule has 0 fully saturated rings. The Balaban J connectivity index is 2.00. The van der Waals surface area contributed by atoms with Crippen LogP contribution in [0, 0.1) is 34.5 Å². The fourth-order valence-corrected chi connectivity index (χ4v) is 7.55. The van der Waals surface area contributed by atoms with Crippen molar-refractivity contribution in [2.75, 3.05) is 26.4 Å². The Bertz CT molecular complexity index is 1660. The standard InChI is InChI=1S/C56H80N2O4/c1-7-13-17-19-21-23-35-59-55-39-50(38-52(42-58)48-29-33-54(34-30-48)62-44-46(12-6)26-16-10-4)56(60-36-24-22-20-18-14-8-2)40-49(55)37-51(41-57)47-27-31-53(32-28-47)61-43-45(11-5)25-15-9-3/h27-34,37-40,45-46H,7-26,35-36,43-44H2,1-6H3/b51-37+,52-38+. The van der Waals surface area contributed by atoms with Crippen LogP contribution >= 0.6 is 0 Å². The molecule has 0 aliphatic carbocycles. The van der Waals surface area contributed by atoms with Gasteiger partial charge in [-0.25, -0.2) is 0 Å². The third-order valence-corrected chi connectivity index (χ3v) is 11.9. The number of ether oxygens (including phenoxy) is 4. The van der Waals surface area contributed by atoms with Crippen molar-refractivity contribution in [3.8, 4) is 35.1 Å². The minimum Gasteiger partial charge on any atom is -0.493 e. The molecule has 0 aliphatic heterocycles. The van der Waals surface area contributed by atoms with E-state index in [-0.39, 0.29) is 0 Å². The zero-order valence-electron chi connectivity index (χ0n) is 39.6. The molecule has 3 aromatic carbocycles. The number of rotatable bonds is 34. The molecule has 0 N–H and O–H groups in total. The van der Waals surface area contributed by atoms with E-state index in [1.165, 1.54) is 89.9 Å². The summed E-state index contributed by atoms with van der Waals surface area (Å²) in [5.41, 5.74) is 4.21. The number of hydrogen-bond donors (Lipinski definition) is 0. The van der Waals surface area contributed by atoms with Crippen LogP contribution < -0.4 is 18.9 Å². The van der Waals surface area contributed by atoms with Gasteiger partial charge in [-0.1, -0.05) is 144 Å². The van der Waals surface area contributed by atoms with Crippen molar-refractivity contribution in [1.29, 1.82) is 10.5 Å². The maximum absolute atomic E-state index is 10.5. The van der Waals surface area contributed by atoms with Crippen molar-refractivity contribution in [1.82, 2.24) is 0 Å². The number of unbranched alkanes of at least 4 members (excludes halogenated alkanes) is 12. The normalized spacial score (nSPS) is 12.6. The van der Waals surface area contributed by atoms with Crippen LogP contribution in [-0.2, 0) is 0 Å². The zero-order chi connectivity index (χ0) is 44.6. The summed E-state index contributed by atoms with van der Waals surface area (Å²) >= 11 is 0. The van der Waals surface area contributed by atoms with E-state index in [4.69, 9.17) is 18.9 Å². The van der Waals surface area contributed by atoms with Gasteiger partial charge < -0.3 is 18.9 Å². The van der Waals surface area contributed by atoms with Gasteiger partial charge in [-0.3, -0.25) is 0 Å². The first-order valence-corrected chi connectivity index (χ1v) is 24.6. The van der Waals surface area contributed by atoms with Crippen LogP contribution in [0.5, 0.6) is 23.0 Å². The van der Waals surface area contributed by atoms with Crippen molar-refractivity contribution < 1.29 is 18.9 Å². The first kappa shape index (κ1) is 51.7. The SMILES string of the molecule is CCCCCCCCOc1cc(/C=C(\C#N)c2ccc(OCC(CC)CCCC)cc2)c(OCCCCCCCC)cc1/C=C(\C#N)c1ccc(OCC(CC)CCCC)cc1. The van der Waals surface area contributed by atoms with Gasteiger partial charge in [0.2, 0.25) is 0 Å². The molecule has 3 rings (SSSR count). The number of nitrogens with zero attached hydrogens (tertiary/aromatic N) is 2. The van der Waals surface area contributed by atoms with Gasteiger partial charge in [-0.2, -0.15) is 10.5 Å². The highest BCUT2D eigenvalue weighted by molar-refractivity contribution is 5.93. The van der Waals surface area contributed by atoms with Crippen LogP contribution in [0.2, 0.25) is 0 Å². The summed E-state index contributed by atoms with van der Waals surface area (Å²) in [5.74, 6) is 4.03. The molecule has 6 heteroatoms. The van der Waals surface area contributed by atoms with Crippen molar-refractivity contribution in [3.63, 3.8) is 0 Å². The quantitative estimate of drug-likeness (QED) is 0.0338. The Morgan fingerprint density at radius 3 is 1.16 bits per heavy atom. The van der Waals surface area contributed by atoms with Crippen molar-refractivity contribution in [2.45, 2.75) is 170 Å². The molecule has 2 atom stereocenters. The first-order chi connectivity index (χ1) is 30.4. The maximum Gasteiger partial charge on any atom is 0.127 e. The lowest BCUT2D eigenvalue weighted by molar-refractivity contribution is 0.233. The summed E-state index contributed by atoms with van der Waals surface area (Å²) in [6.07, 6.45) is 27.0. The second-order valence-electron chi connectivity index (χ2n) is 17.0. The lowest BCUT2D eigenvalue weighted by Crippen LogP contribution is -2.11. The average molecular weight is 845 g/mol. The third-order valence-electron chi connectivity index (χ3n) is 11.9. The van der Waals surface area contributed by atoms with Crippen molar-refractivity contribution in [2.24, 2.45) is 11.8 Å². The Morgan fingerprint density at radius 2 is 0.823 bits per heavy atom. The van der Waals surface area contributed by atoms with Crippen LogP contribution in [0.15, 0.2) is 60.7 Å². The Kier molecular flexibility index (Phi) is 26.7. The molecule has 0 heterocycles. The minimum atomic E-state index is 0.524. The van der Waals surface area contributed by atoms with Crippen molar-refractivity contribution >= 4 is 23.3 Å². The average Bonchev–Trinajstić information content (AvgIpc) is 3.30. The highest BCUT2D eigenvalue weighted by Crippen LogP contribution is 2.36. The van der Waals surface area contributed by atoms with E-state index in [0.29, 0.717) is 60.9 Å². The van der Waals surface area contributed by atoms with Gasteiger partial charge in [0.15, 0.2) is 0 Å². The molecular formula is C56H80N2O4. The molecule has 2 unspecified atom stereocenters. The molecule has 0 aromatic heterocycles. The summed E-state index contributed by atoms with van der Waals surface area (Å²) in [5, 5.41) is 21.0. The molecular weight excluding hydrogens is 765 g/mol. The van der Waals surface area contributed by atoms with Gasteiger partial charge in [0.1, 0.15) is 23.0 Å². The van der Waals surface area contributed by atoms with Crippen molar-refractivity contribution in [3.05, 3.63) is 82.9 Å². The van der Waals surface area contributed by atoms with Crippen LogP contribution in [0.25, 0.3) is 23.3 Å². The van der Waals surface area contributed by atoms with E-state index in [1.54, 1.807) is 0 Å². The Hall–Kier alpha value is -4.68. The van der Waals surface area contributed by atoms with E-state index in [2.05, 4.69) is 53.7 Å². The third kappa shape index (κ3) is 19.6. The lowest BCUT2D eigenvalue weighted by Gasteiger charge is -2.17. The van der Waals surface area contributed by atoms with Gasteiger partial charge in [0.25, 0.3) is 0 Å². The fourth-order valence-electron chi connectivity index (χ4n) is 7.55. The second kappa shape index (κ2) is 32.1. The Labute approximate surface area is 377 Å². The van der Waals surface area contributed by atoms with Gasteiger partial charge >= 0.3 is 0 Å². The summed E-state index contributed by atoms with van der Waals surface area (Å²) in [4.78, 5) is 0. The van der Waals surface area contributed by atoms with Gasteiger partial charge in [0, 0.05) is 11.1 Å². The van der Waals surface area contributed by atoms with E-state index in [0.717, 1.165) is 72.3 Å². The summed E-state index contributed by atoms with van der Waals surface area (Å²) in [6, 6.07) is 24.6. The molecule has 0 saturated carbocycles. The number of allylic oxidation sites excluding steroid dienone is 2. The van der Waals surface area contributed by atoms with Crippen LogP contribution in [0.1, 0.15) is 192 Å². The van der Waals surface area contributed by atoms with E-state index in [1.807, 2.05) is 72.8 Å². The summed E-state index contributed by atoms with van der Waals surface area (Å²) in [6.45, 7) is 15.9. The Morgan fingerprint density at radius 1 is 0.468 bits per heavy atom. The highest BCUT2D eigenvalue weighted by atomic mass is 16.5. The molecule has 0 amide bonds. The largest absolute Gasteiger partial charge is 0.493 e. The zero-order valence-corrected chi connectivity index (χ0v) is 39.6. The number of nitriles is 2. The molecule has 0 spiro atoms. The van der Waals surface area contributed by atoms with Crippen LogP contribution in [0.4, 0.5) is 0 Å². The molecule has 0 radical (unpaired) electrons. The van der Waals surface area contributed by atoms with E-state index >= 15 is 0 Å². The van der Waals surface area contributed by atoms with E-state index in [9.17, 15) is 10.5 Å². The topological polar surface area (TPSA) is 84.5 Å².